The van der Waals surface area contributed by atoms with Crippen LogP contribution >= 0.6 is 0 Å². The molecule has 2 fully saturated rings. The first-order valence-electron chi connectivity index (χ1n) is 13.1. The zero-order valence-corrected chi connectivity index (χ0v) is 23.3. The number of benzene rings is 1. The van der Waals surface area contributed by atoms with Crippen LogP contribution in [0.25, 0.3) is 0 Å². The van der Waals surface area contributed by atoms with Gasteiger partial charge >= 0.3 is 5.97 Å². The van der Waals surface area contributed by atoms with E-state index in [9.17, 15) is 18.8 Å². The highest BCUT2D eigenvalue weighted by molar-refractivity contribution is 5.84. The van der Waals surface area contributed by atoms with E-state index in [1.54, 1.807) is 13.2 Å². The molecule has 2 saturated heterocycles. The maximum absolute atomic E-state index is 13.5. The van der Waals surface area contributed by atoms with Crippen LogP contribution in [0, 0.1) is 5.82 Å². The second kappa shape index (κ2) is 20.1. The minimum Gasteiger partial charge on any atom is -0.481 e. The number of carbonyl (C=O) groups excluding carboxylic acids is 2. The molecule has 3 unspecified atom stereocenters. The van der Waals surface area contributed by atoms with E-state index in [0.717, 1.165) is 45.3 Å². The highest BCUT2D eigenvalue weighted by Crippen LogP contribution is 2.30. The van der Waals surface area contributed by atoms with Gasteiger partial charge in [-0.15, -0.1) is 0 Å². The Morgan fingerprint density at radius 3 is 2.59 bits per heavy atom. The van der Waals surface area contributed by atoms with Crippen LogP contribution in [-0.4, -0.2) is 94.9 Å². The van der Waals surface area contributed by atoms with Crippen molar-refractivity contribution >= 4 is 24.4 Å². The molecule has 3 atom stereocenters. The number of methoxy groups -OCH3 is 1. The third kappa shape index (κ3) is 13.2. The highest BCUT2D eigenvalue weighted by atomic mass is 19.1. The zero-order chi connectivity index (χ0) is 29.0. The Balaban J connectivity index is 0.000000450. The van der Waals surface area contributed by atoms with Gasteiger partial charge in [0.15, 0.2) is 12.6 Å². The van der Waals surface area contributed by atoms with E-state index >= 15 is 0 Å². The Morgan fingerprint density at radius 1 is 1.31 bits per heavy atom. The minimum atomic E-state index is -0.762. The average Bonchev–Trinajstić information content (AvgIpc) is 3.36. The van der Waals surface area contributed by atoms with Gasteiger partial charge in [-0.05, 0) is 70.3 Å². The Bertz CT molecular complexity index is 858. The molecule has 0 aromatic heterocycles. The van der Waals surface area contributed by atoms with E-state index < -0.39 is 11.8 Å². The molecule has 0 saturated carbocycles. The Labute approximate surface area is 230 Å². The summed E-state index contributed by atoms with van der Waals surface area (Å²) < 4.78 is 34.4. The number of nitrogens with zero attached hydrogens (tertiary/aromatic N) is 2. The summed E-state index contributed by atoms with van der Waals surface area (Å²) >= 11 is 0. The number of likely N-dealkylation sites (tertiary alicyclic amines) is 1. The number of rotatable bonds is 13. The highest BCUT2D eigenvalue weighted by Gasteiger charge is 2.36. The summed E-state index contributed by atoms with van der Waals surface area (Å²) in [5.41, 5.74) is 1.01. The van der Waals surface area contributed by atoms with E-state index in [4.69, 9.17) is 14.6 Å². The van der Waals surface area contributed by atoms with E-state index in [0.29, 0.717) is 43.6 Å². The number of carboxylic acids is 1. The summed E-state index contributed by atoms with van der Waals surface area (Å²) in [6, 6.07) is 4.50. The predicted molar refractivity (Wildman–Crippen MR) is 145 cm³/mol. The number of halogens is 1. The number of ether oxygens (including phenoxy) is 4. The van der Waals surface area contributed by atoms with Crippen LogP contribution in [0.1, 0.15) is 55.3 Å². The second-order valence-corrected chi connectivity index (χ2v) is 9.15. The monoisotopic (exact) mass is 554 g/mol. The first kappa shape index (κ1) is 34.2. The average molecular weight is 555 g/mol. The summed E-state index contributed by atoms with van der Waals surface area (Å²) in [6.07, 6.45) is 7.71. The molecule has 3 rings (SSSR count). The second-order valence-electron chi connectivity index (χ2n) is 9.15. The van der Waals surface area contributed by atoms with Crippen LogP contribution in [0.15, 0.2) is 30.9 Å². The van der Waals surface area contributed by atoms with Gasteiger partial charge in [-0.25, -0.2) is 4.39 Å². The van der Waals surface area contributed by atoms with Crippen molar-refractivity contribution in [2.75, 3.05) is 52.5 Å². The molecule has 2 aliphatic rings. The first-order valence-corrected chi connectivity index (χ1v) is 13.1. The third-order valence-corrected chi connectivity index (χ3v) is 6.23. The number of aldehydes is 1. The molecule has 2 heterocycles. The molecule has 0 radical (unpaired) electrons. The van der Waals surface area contributed by atoms with Crippen LogP contribution < -0.4 is 4.90 Å². The van der Waals surface area contributed by atoms with Crippen LogP contribution in [0.4, 0.5) is 10.1 Å². The molecule has 1 aromatic rings. The molecule has 10 nitrogen and oxygen atoms in total. The van der Waals surface area contributed by atoms with Crippen molar-refractivity contribution in [3.8, 4) is 0 Å². The summed E-state index contributed by atoms with van der Waals surface area (Å²) in [5.74, 6) is -1.17. The lowest BCUT2D eigenvalue weighted by atomic mass is 10.1. The fourth-order valence-electron chi connectivity index (χ4n) is 4.26. The van der Waals surface area contributed by atoms with Gasteiger partial charge in [0.25, 0.3) is 6.47 Å². The van der Waals surface area contributed by atoms with Gasteiger partial charge in [0.2, 0.25) is 0 Å². The lowest BCUT2D eigenvalue weighted by Gasteiger charge is -2.40. The fraction of sp³-hybridized carbons (Fsp3) is 0.607. The van der Waals surface area contributed by atoms with E-state index in [2.05, 4.69) is 28.0 Å². The Morgan fingerprint density at radius 2 is 2.08 bits per heavy atom. The normalized spacial score (nSPS) is 19.4. The molecule has 39 heavy (non-hydrogen) atoms. The summed E-state index contributed by atoms with van der Waals surface area (Å²) in [4.78, 5) is 34.8. The van der Waals surface area contributed by atoms with Gasteiger partial charge in [0.05, 0.1) is 6.04 Å². The van der Waals surface area contributed by atoms with Gasteiger partial charge in [-0.2, -0.15) is 0 Å². The number of carboxylic acid groups (broad SMARTS) is 1. The van der Waals surface area contributed by atoms with Crippen molar-refractivity contribution < 1.29 is 42.8 Å². The summed E-state index contributed by atoms with van der Waals surface area (Å²) in [7, 11) is 5.55. The van der Waals surface area contributed by atoms with Crippen molar-refractivity contribution in [3.05, 3.63) is 42.2 Å². The number of likely N-dealkylation sites (N-methyl/N-ethyl adjacent to an activating group) is 2. The van der Waals surface area contributed by atoms with Gasteiger partial charge in [0, 0.05) is 45.0 Å². The summed E-state index contributed by atoms with van der Waals surface area (Å²) in [5, 5.41) is 8.08. The fourth-order valence-corrected chi connectivity index (χ4v) is 4.26. The number of aliphatic carboxylic acids is 1. The van der Waals surface area contributed by atoms with Gasteiger partial charge in [0.1, 0.15) is 18.7 Å². The standard InChI is InChI=1S/C19H27FN2O3.C5H10O3.C4H6O2/c1-21-10-5-6-17(21)19(25-18-7-3-4-11-24-18)22(2)16-9-8-15(20)12-14(16)13-23;1-8-4-2-3-5(6)7;1-2-3-6-4-5/h8-9,12-13,17-19H,3-7,10-11H2,1-2H3;2-4H2,1H3,(H,6,7);2,4H,1,3H2. The molecule has 220 valence electrons. The number of carbonyl (C=O) groups is 3. The molecule has 1 aromatic carbocycles. The molecule has 0 spiro atoms. The molecule has 2 aliphatic heterocycles. The van der Waals surface area contributed by atoms with Crippen LogP contribution in [0.5, 0.6) is 0 Å². The van der Waals surface area contributed by atoms with Crippen LogP contribution in [-0.2, 0) is 28.5 Å². The first-order chi connectivity index (χ1) is 18.8. The Kier molecular flexibility index (Phi) is 17.6. The number of anilines is 1. The van der Waals surface area contributed by atoms with Crippen molar-refractivity contribution in [1.82, 2.24) is 4.90 Å². The maximum atomic E-state index is 13.5. The molecule has 0 aliphatic carbocycles. The van der Waals surface area contributed by atoms with Crippen LogP contribution in [0.3, 0.4) is 0 Å². The molecule has 0 bridgehead atoms. The maximum Gasteiger partial charge on any atom is 0.303 e. The van der Waals surface area contributed by atoms with Crippen molar-refractivity contribution in [3.63, 3.8) is 0 Å². The molecule has 0 amide bonds. The zero-order valence-electron chi connectivity index (χ0n) is 23.3. The van der Waals surface area contributed by atoms with E-state index in [1.165, 1.54) is 18.2 Å². The van der Waals surface area contributed by atoms with Gasteiger partial charge in [-0.3, -0.25) is 19.3 Å². The third-order valence-electron chi connectivity index (χ3n) is 6.23. The molecular weight excluding hydrogens is 511 g/mol. The largest absolute Gasteiger partial charge is 0.481 e. The topological polar surface area (TPSA) is 115 Å². The number of hydrogen-bond acceptors (Lipinski definition) is 9. The quantitative estimate of drug-likeness (QED) is 0.167. The van der Waals surface area contributed by atoms with Gasteiger partial charge in [-0.1, -0.05) is 12.7 Å². The Hall–Kier alpha value is -2.86. The van der Waals surface area contributed by atoms with Crippen molar-refractivity contribution in [2.24, 2.45) is 0 Å². The van der Waals surface area contributed by atoms with Crippen LogP contribution in [0.2, 0.25) is 0 Å². The van der Waals surface area contributed by atoms with Crippen molar-refractivity contribution in [1.29, 1.82) is 0 Å². The number of hydrogen-bond donors (Lipinski definition) is 1. The van der Waals surface area contributed by atoms with Gasteiger partial charge < -0.3 is 29.0 Å². The smallest absolute Gasteiger partial charge is 0.303 e. The SMILES string of the molecule is C=CCOC=O.CN1CCCC1C(OC1CCCCO1)N(C)c1ccc(F)cc1C=O.COCCCC(=O)O. The predicted octanol–water partition coefficient (Wildman–Crippen LogP) is 3.88. The minimum absolute atomic E-state index is 0.202. The lowest BCUT2D eigenvalue weighted by molar-refractivity contribution is -0.197. The lowest BCUT2D eigenvalue weighted by Crippen LogP contribution is -2.50. The molecule has 1 N–H and O–H groups in total. The van der Waals surface area contributed by atoms with E-state index in [-0.39, 0.29) is 25.0 Å². The van der Waals surface area contributed by atoms with E-state index in [1.807, 2.05) is 11.9 Å². The molecular formula is C28H43FN2O8. The summed E-state index contributed by atoms with van der Waals surface area (Å²) in [6.45, 7) is 6.29. The van der Waals surface area contributed by atoms with Crippen molar-refractivity contribution in [2.45, 2.75) is 63.5 Å². The molecule has 11 heteroatoms.